The molecule has 0 aromatic heterocycles. The molecule has 1 unspecified atom stereocenters. The Hall–Kier alpha value is -2.36. The topological polar surface area (TPSA) is 32.3 Å². The summed E-state index contributed by atoms with van der Waals surface area (Å²) < 4.78 is 14.3. The van der Waals surface area contributed by atoms with Gasteiger partial charge in [0.15, 0.2) is 0 Å². The molecule has 0 saturated carbocycles. The Kier molecular flexibility index (Phi) is 4.56. The summed E-state index contributed by atoms with van der Waals surface area (Å²) in [6.45, 7) is 6.78. The summed E-state index contributed by atoms with van der Waals surface area (Å²) in [7, 11) is 0. The van der Waals surface area contributed by atoms with Crippen molar-refractivity contribution in [1.82, 2.24) is 4.90 Å². The molecule has 1 aliphatic rings. The number of nitrogens with zero attached hydrogens (tertiary/aromatic N) is 1. The zero-order chi connectivity index (χ0) is 17.3. The SMILES string of the molecule is Cc1ccc(NC2c3ccccc3C(=O)N2CCC(C)C)c(F)c1. The van der Waals surface area contributed by atoms with Gasteiger partial charge in [-0.15, -0.1) is 0 Å². The first-order chi connectivity index (χ1) is 11.5. The van der Waals surface area contributed by atoms with E-state index in [4.69, 9.17) is 0 Å². The molecular formula is C20H23FN2O. The molecule has 3 rings (SSSR count). The lowest BCUT2D eigenvalue weighted by molar-refractivity contribution is 0.0734. The number of benzene rings is 2. The minimum atomic E-state index is -0.329. The maximum atomic E-state index is 14.3. The van der Waals surface area contributed by atoms with Gasteiger partial charge in [0, 0.05) is 17.7 Å². The van der Waals surface area contributed by atoms with Crippen molar-refractivity contribution in [2.45, 2.75) is 33.4 Å². The van der Waals surface area contributed by atoms with Crippen molar-refractivity contribution in [3.05, 3.63) is 65.0 Å². The van der Waals surface area contributed by atoms with Crippen LogP contribution in [0.2, 0.25) is 0 Å². The summed E-state index contributed by atoms with van der Waals surface area (Å²) in [6, 6.07) is 12.7. The van der Waals surface area contributed by atoms with Crippen molar-refractivity contribution in [1.29, 1.82) is 0 Å². The number of carbonyl (C=O) groups excluding carboxylic acids is 1. The number of halogens is 1. The van der Waals surface area contributed by atoms with Crippen LogP contribution in [0.5, 0.6) is 0 Å². The molecule has 1 aliphatic heterocycles. The van der Waals surface area contributed by atoms with Crippen LogP contribution in [0.3, 0.4) is 0 Å². The van der Waals surface area contributed by atoms with Crippen LogP contribution in [0.4, 0.5) is 10.1 Å². The largest absolute Gasteiger partial charge is 0.359 e. The number of anilines is 1. The zero-order valence-electron chi connectivity index (χ0n) is 14.3. The minimum Gasteiger partial charge on any atom is -0.359 e. The maximum absolute atomic E-state index is 14.3. The highest BCUT2D eigenvalue weighted by atomic mass is 19.1. The van der Waals surface area contributed by atoms with E-state index >= 15 is 0 Å². The Balaban J connectivity index is 1.93. The quantitative estimate of drug-likeness (QED) is 0.860. The predicted molar refractivity (Wildman–Crippen MR) is 94.4 cm³/mol. The Morgan fingerprint density at radius 3 is 2.67 bits per heavy atom. The number of nitrogens with one attached hydrogen (secondary N) is 1. The molecule has 2 aromatic carbocycles. The molecule has 0 aliphatic carbocycles. The second-order valence-corrected chi connectivity index (χ2v) is 6.80. The van der Waals surface area contributed by atoms with Crippen molar-refractivity contribution < 1.29 is 9.18 Å². The van der Waals surface area contributed by atoms with E-state index in [-0.39, 0.29) is 17.9 Å². The molecule has 2 aromatic rings. The summed E-state index contributed by atoms with van der Waals surface area (Å²) in [5, 5.41) is 3.23. The van der Waals surface area contributed by atoms with Crippen LogP contribution in [0.15, 0.2) is 42.5 Å². The highest BCUT2D eigenvalue weighted by Gasteiger charge is 2.36. The van der Waals surface area contributed by atoms with E-state index in [2.05, 4.69) is 19.2 Å². The Labute approximate surface area is 142 Å². The molecule has 0 fully saturated rings. The molecule has 3 nitrogen and oxygen atoms in total. The monoisotopic (exact) mass is 326 g/mol. The molecule has 1 atom stereocenters. The van der Waals surface area contributed by atoms with Crippen LogP contribution in [-0.4, -0.2) is 17.4 Å². The van der Waals surface area contributed by atoms with Gasteiger partial charge in [-0.3, -0.25) is 4.79 Å². The highest BCUT2D eigenvalue weighted by molar-refractivity contribution is 5.99. The number of carbonyl (C=O) groups is 1. The van der Waals surface area contributed by atoms with Crippen LogP contribution in [0.25, 0.3) is 0 Å². The lowest BCUT2D eigenvalue weighted by atomic mass is 10.1. The Morgan fingerprint density at radius 2 is 1.96 bits per heavy atom. The number of aryl methyl sites for hydroxylation is 1. The van der Waals surface area contributed by atoms with E-state index in [0.717, 1.165) is 17.5 Å². The van der Waals surface area contributed by atoms with Crippen molar-refractivity contribution in [3.8, 4) is 0 Å². The van der Waals surface area contributed by atoms with Gasteiger partial charge in [-0.25, -0.2) is 4.39 Å². The molecule has 126 valence electrons. The second kappa shape index (κ2) is 6.63. The third-order valence-electron chi connectivity index (χ3n) is 4.42. The number of hydrogen-bond acceptors (Lipinski definition) is 2. The van der Waals surface area contributed by atoms with Gasteiger partial charge < -0.3 is 10.2 Å². The number of fused-ring (bicyclic) bond motifs is 1. The molecule has 4 heteroatoms. The van der Waals surface area contributed by atoms with Gasteiger partial charge >= 0.3 is 0 Å². The van der Waals surface area contributed by atoms with E-state index in [1.54, 1.807) is 6.07 Å². The first-order valence-corrected chi connectivity index (χ1v) is 8.40. The number of hydrogen-bond donors (Lipinski definition) is 1. The minimum absolute atomic E-state index is 0.0104. The summed E-state index contributed by atoms with van der Waals surface area (Å²) in [5.74, 6) is 0.213. The lowest BCUT2D eigenvalue weighted by Gasteiger charge is -2.28. The van der Waals surface area contributed by atoms with Crippen LogP contribution < -0.4 is 5.32 Å². The molecule has 1 amide bonds. The fourth-order valence-corrected chi connectivity index (χ4v) is 3.04. The van der Waals surface area contributed by atoms with Crippen molar-refractivity contribution in [2.24, 2.45) is 5.92 Å². The smallest absolute Gasteiger partial charge is 0.256 e. The number of rotatable bonds is 5. The van der Waals surface area contributed by atoms with Crippen LogP contribution in [0.1, 0.15) is 47.9 Å². The first-order valence-electron chi connectivity index (χ1n) is 8.40. The van der Waals surface area contributed by atoms with Crippen molar-refractivity contribution >= 4 is 11.6 Å². The zero-order valence-corrected chi connectivity index (χ0v) is 14.3. The predicted octanol–water partition coefficient (Wildman–Crippen LogP) is 4.75. The summed E-state index contributed by atoms with van der Waals surface area (Å²) >= 11 is 0. The van der Waals surface area contributed by atoms with Gasteiger partial charge in [0.2, 0.25) is 0 Å². The molecule has 0 bridgehead atoms. The molecule has 1 heterocycles. The third kappa shape index (κ3) is 3.14. The molecule has 0 radical (unpaired) electrons. The third-order valence-corrected chi connectivity index (χ3v) is 4.42. The highest BCUT2D eigenvalue weighted by Crippen LogP contribution is 2.35. The molecule has 0 saturated heterocycles. The van der Waals surface area contributed by atoms with Crippen LogP contribution >= 0.6 is 0 Å². The summed E-state index contributed by atoms with van der Waals surface area (Å²) in [6.07, 6.45) is 0.582. The van der Waals surface area contributed by atoms with Crippen LogP contribution in [0, 0.1) is 18.7 Å². The average Bonchev–Trinajstić information content (AvgIpc) is 2.81. The van der Waals surface area contributed by atoms with Gasteiger partial charge in [0.25, 0.3) is 5.91 Å². The summed E-state index contributed by atoms with van der Waals surface area (Å²) in [4.78, 5) is 14.6. The normalized spacial score (nSPS) is 16.6. The second-order valence-electron chi connectivity index (χ2n) is 6.80. The lowest BCUT2D eigenvalue weighted by Crippen LogP contribution is -2.34. The van der Waals surface area contributed by atoms with Gasteiger partial charge in [-0.2, -0.15) is 0 Å². The Morgan fingerprint density at radius 1 is 1.21 bits per heavy atom. The average molecular weight is 326 g/mol. The van der Waals surface area contributed by atoms with Crippen molar-refractivity contribution in [3.63, 3.8) is 0 Å². The van der Waals surface area contributed by atoms with Gasteiger partial charge in [0.05, 0.1) is 5.69 Å². The Bertz CT molecular complexity index is 757. The number of amides is 1. The van der Waals surface area contributed by atoms with Gasteiger partial charge in [-0.05, 0) is 43.0 Å². The molecule has 0 spiro atoms. The van der Waals surface area contributed by atoms with E-state index in [1.165, 1.54) is 6.07 Å². The van der Waals surface area contributed by atoms with E-state index in [9.17, 15) is 9.18 Å². The van der Waals surface area contributed by atoms with Gasteiger partial charge in [-0.1, -0.05) is 38.1 Å². The van der Waals surface area contributed by atoms with E-state index in [0.29, 0.717) is 23.7 Å². The molecular weight excluding hydrogens is 303 g/mol. The molecule has 1 N–H and O–H groups in total. The summed E-state index contributed by atoms with van der Waals surface area (Å²) in [5.41, 5.74) is 2.90. The standard InChI is InChI=1S/C20H23FN2O/c1-13(2)10-11-23-19(15-6-4-5-7-16(15)20(23)24)22-18-9-8-14(3)12-17(18)21/h4-9,12-13,19,22H,10-11H2,1-3H3. The maximum Gasteiger partial charge on any atom is 0.256 e. The van der Waals surface area contributed by atoms with Crippen LogP contribution in [-0.2, 0) is 0 Å². The van der Waals surface area contributed by atoms with Crippen molar-refractivity contribution in [2.75, 3.05) is 11.9 Å². The van der Waals surface area contributed by atoms with E-state index < -0.39 is 0 Å². The molecule has 24 heavy (non-hydrogen) atoms. The fourth-order valence-electron chi connectivity index (χ4n) is 3.04. The first kappa shape index (κ1) is 16.5. The van der Waals surface area contributed by atoms with Gasteiger partial charge in [0.1, 0.15) is 12.0 Å². The fraction of sp³-hybridized carbons (Fsp3) is 0.350. The van der Waals surface area contributed by atoms with E-state index in [1.807, 2.05) is 42.2 Å².